The highest BCUT2D eigenvalue weighted by molar-refractivity contribution is 6.47. The number of nitrogens with zero attached hydrogens (tertiary/aromatic N) is 2. The number of benzene rings is 1. The Labute approximate surface area is 174 Å². The quantitative estimate of drug-likeness (QED) is 0.741. The summed E-state index contributed by atoms with van der Waals surface area (Å²) in [6.07, 6.45) is 0.696. The molecule has 0 bridgehead atoms. The van der Waals surface area contributed by atoms with Gasteiger partial charge in [-0.1, -0.05) is 32.4 Å². The van der Waals surface area contributed by atoms with Crippen molar-refractivity contribution in [1.82, 2.24) is 4.90 Å². The minimum absolute atomic E-state index is 0.112. The molecule has 1 aromatic carbocycles. The second-order valence-electron chi connectivity index (χ2n) is 8.64. The van der Waals surface area contributed by atoms with Crippen LogP contribution in [0.15, 0.2) is 29.3 Å². The van der Waals surface area contributed by atoms with Gasteiger partial charge in [0.1, 0.15) is 17.4 Å². The minimum atomic E-state index is -4.45. The fourth-order valence-corrected chi connectivity index (χ4v) is 4.41. The molecule has 1 unspecified atom stereocenters. The molecule has 3 rings (SSSR count). The molecule has 1 spiro atoms. The van der Waals surface area contributed by atoms with Crippen molar-refractivity contribution in [3.63, 3.8) is 0 Å². The Bertz CT molecular complexity index is 825. The third kappa shape index (κ3) is 4.37. The van der Waals surface area contributed by atoms with E-state index >= 15 is 0 Å². The molecule has 0 radical (unpaired) electrons. The molecule has 1 fully saturated rings. The van der Waals surface area contributed by atoms with E-state index in [4.69, 9.17) is 10.7 Å². The smallest absolute Gasteiger partial charge is 0.368 e. The van der Waals surface area contributed by atoms with Crippen molar-refractivity contribution >= 4 is 17.5 Å². The van der Waals surface area contributed by atoms with E-state index in [1.165, 1.54) is 17.0 Å². The summed E-state index contributed by atoms with van der Waals surface area (Å²) in [5.74, 6) is -0.663. The van der Waals surface area contributed by atoms with E-state index in [-0.39, 0.29) is 5.71 Å². The lowest BCUT2D eigenvalue weighted by Crippen LogP contribution is -2.57. The number of hydrogen-bond donors (Lipinski definition) is 1. The summed E-state index contributed by atoms with van der Waals surface area (Å²) in [5, 5.41) is 0. The van der Waals surface area contributed by atoms with Crippen LogP contribution < -0.4 is 5.73 Å². The Morgan fingerprint density at radius 1 is 1.13 bits per heavy atom. The first-order chi connectivity index (χ1) is 14.0. The first-order valence-electron chi connectivity index (χ1n) is 10.5. The number of halogens is 3. The van der Waals surface area contributed by atoms with Crippen molar-refractivity contribution in [2.24, 2.45) is 16.6 Å². The average Bonchev–Trinajstić information content (AvgIpc) is 2.94. The summed E-state index contributed by atoms with van der Waals surface area (Å²) >= 11 is 0. The molecule has 30 heavy (non-hydrogen) atoms. The van der Waals surface area contributed by atoms with Crippen LogP contribution in [-0.4, -0.2) is 34.1 Å². The van der Waals surface area contributed by atoms with Gasteiger partial charge in [0.15, 0.2) is 0 Å². The van der Waals surface area contributed by atoms with Crippen molar-refractivity contribution < 1.29 is 22.8 Å². The molecular weight excluding hydrogens is 395 g/mol. The lowest BCUT2D eigenvalue weighted by molar-refractivity contribution is -0.141. The van der Waals surface area contributed by atoms with Crippen molar-refractivity contribution in [2.45, 2.75) is 76.7 Å². The SMILES string of the molecule is CC(C)CCC(C(N)=O)N1C(=O)C(c2ccc(C(F)(F)F)cc2)=NC12CCCCC2. The molecule has 0 aromatic heterocycles. The Kier molecular flexibility index (Phi) is 6.24. The van der Waals surface area contributed by atoms with Crippen LogP contribution in [0.2, 0.25) is 0 Å². The van der Waals surface area contributed by atoms with Crippen LogP contribution in [0, 0.1) is 5.92 Å². The largest absolute Gasteiger partial charge is 0.416 e. The minimum Gasteiger partial charge on any atom is -0.368 e. The van der Waals surface area contributed by atoms with E-state index in [1.54, 1.807) is 0 Å². The van der Waals surface area contributed by atoms with Gasteiger partial charge in [0.2, 0.25) is 5.91 Å². The second-order valence-corrected chi connectivity index (χ2v) is 8.64. The first-order valence-corrected chi connectivity index (χ1v) is 10.5. The van der Waals surface area contributed by atoms with Gasteiger partial charge in [0.05, 0.1) is 5.56 Å². The molecule has 8 heteroatoms. The van der Waals surface area contributed by atoms with Gasteiger partial charge < -0.3 is 10.6 Å². The number of amides is 2. The molecule has 2 amide bonds. The van der Waals surface area contributed by atoms with E-state index in [0.717, 1.165) is 37.8 Å². The molecule has 2 N–H and O–H groups in total. The Morgan fingerprint density at radius 3 is 2.23 bits per heavy atom. The highest BCUT2D eigenvalue weighted by Gasteiger charge is 2.51. The second kappa shape index (κ2) is 8.40. The Hall–Kier alpha value is -2.38. The van der Waals surface area contributed by atoms with Gasteiger partial charge in [-0.25, -0.2) is 0 Å². The van der Waals surface area contributed by atoms with Crippen LogP contribution in [0.5, 0.6) is 0 Å². The topological polar surface area (TPSA) is 75.8 Å². The predicted molar refractivity (Wildman–Crippen MR) is 108 cm³/mol. The number of nitrogens with two attached hydrogens (primary N) is 1. The van der Waals surface area contributed by atoms with Gasteiger partial charge in [-0.2, -0.15) is 13.2 Å². The maximum Gasteiger partial charge on any atom is 0.416 e. The standard InChI is InChI=1S/C22H28F3N3O2/c1-14(2)6-11-17(19(26)29)28-20(30)18(27-21(28)12-4-3-5-13-21)15-7-9-16(10-8-15)22(23,24)25/h7-10,14,17H,3-6,11-13H2,1-2H3,(H2,26,29). The number of aliphatic imine (C=N–C) groups is 1. The maximum atomic E-state index is 13.4. The van der Waals surface area contributed by atoms with Gasteiger partial charge in [0.25, 0.3) is 5.91 Å². The van der Waals surface area contributed by atoms with Crippen LogP contribution in [0.25, 0.3) is 0 Å². The maximum absolute atomic E-state index is 13.4. The van der Waals surface area contributed by atoms with Crippen molar-refractivity contribution in [3.8, 4) is 0 Å². The van der Waals surface area contributed by atoms with Crippen LogP contribution in [0.3, 0.4) is 0 Å². The van der Waals surface area contributed by atoms with Crippen molar-refractivity contribution in [1.29, 1.82) is 0 Å². The molecule has 1 heterocycles. The lowest BCUT2D eigenvalue weighted by atomic mass is 9.86. The van der Waals surface area contributed by atoms with Crippen LogP contribution >= 0.6 is 0 Å². The summed E-state index contributed by atoms with van der Waals surface area (Å²) in [5.41, 5.74) is 4.51. The van der Waals surface area contributed by atoms with E-state index in [9.17, 15) is 22.8 Å². The van der Waals surface area contributed by atoms with E-state index in [0.29, 0.717) is 30.7 Å². The van der Waals surface area contributed by atoms with Crippen molar-refractivity contribution in [2.75, 3.05) is 0 Å². The first kappa shape index (κ1) is 22.3. The van der Waals surface area contributed by atoms with Gasteiger partial charge >= 0.3 is 6.18 Å². The summed E-state index contributed by atoms with van der Waals surface area (Å²) < 4.78 is 38.7. The molecule has 1 atom stereocenters. The van der Waals surface area contributed by atoms with Crippen molar-refractivity contribution in [3.05, 3.63) is 35.4 Å². The fraction of sp³-hybridized carbons (Fsp3) is 0.591. The number of alkyl halides is 3. The molecule has 164 valence electrons. The van der Waals surface area contributed by atoms with Crippen LogP contribution in [0.4, 0.5) is 13.2 Å². The van der Waals surface area contributed by atoms with Crippen LogP contribution in [0.1, 0.15) is 69.9 Å². The molecule has 1 aliphatic carbocycles. The molecule has 1 aliphatic heterocycles. The summed E-state index contributed by atoms with van der Waals surface area (Å²) in [6.45, 7) is 4.06. The molecule has 5 nitrogen and oxygen atoms in total. The highest BCUT2D eigenvalue weighted by Crippen LogP contribution is 2.42. The summed E-state index contributed by atoms with van der Waals surface area (Å²) in [7, 11) is 0. The average molecular weight is 423 g/mol. The number of rotatable bonds is 6. The number of primary amides is 1. The van der Waals surface area contributed by atoms with Crippen LogP contribution in [-0.2, 0) is 15.8 Å². The van der Waals surface area contributed by atoms with Gasteiger partial charge in [0, 0.05) is 5.56 Å². The highest BCUT2D eigenvalue weighted by atomic mass is 19.4. The van der Waals surface area contributed by atoms with Gasteiger partial charge in [-0.15, -0.1) is 0 Å². The third-order valence-electron chi connectivity index (χ3n) is 5.99. The normalized spacial score (nSPS) is 20.0. The van der Waals surface area contributed by atoms with E-state index in [1.807, 2.05) is 13.8 Å². The molecule has 2 aliphatic rings. The zero-order chi connectivity index (χ0) is 22.1. The number of carbonyl (C=O) groups excluding carboxylic acids is 2. The lowest BCUT2D eigenvalue weighted by Gasteiger charge is -2.42. The van der Waals surface area contributed by atoms with E-state index < -0.39 is 35.3 Å². The van der Waals surface area contributed by atoms with Gasteiger partial charge in [-0.3, -0.25) is 14.6 Å². The zero-order valence-electron chi connectivity index (χ0n) is 17.3. The third-order valence-corrected chi connectivity index (χ3v) is 5.99. The Balaban J connectivity index is 1.99. The molecular formula is C22H28F3N3O2. The molecule has 1 saturated carbocycles. The number of carbonyl (C=O) groups is 2. The summed E-state index contributed by atoms with van der Waals surface area (Å²) in [4.78, 5) is 32.0. The number of hydrogen-bond acceptors (Lipinski definition) is 3. The van der Waals surface area contributed by atoms with E-state index in [2.05, 4.69) is 0 Å². The van der Waals surface area contributed by atoms with Gasteiger partial charge in [-0.05, 0) is 56.6 Å². The molecule has 1 aromatic rings. The zero-order valence-corrected chi connectivity index (χ0v) is 17.3. The predicted octanol–water partition coefficient (Wildman–Crippen LogP) is 4.29. The Morgan fingerprint density at radius 2 is 1.73 bits per heavy atom. The monoisotopic (exact) mass is 423 g/mol. The fourth-order valence-electron chi connectivity index (χ4n) is 4.41. The molecule has 0 saturated heterocycles. The summed E-state index contributed by atoms with van der Waals surface area (Å²) in [6, 6.07) is 3.66.